The third-order valence-corrected chi connectivity index (χ3v) is 4.16. The van der Waals surface area contributed by atoms with Crippen LogP contribution in [0.3, 0.4) is 0 Å². The molecule has 116 valence electrons. The second kappa shape index (κ2) is 8.09. The molecule has 0 aromatic rings. The van der Waals surface area contributed by atoms with Crippen LogP contribution in [0.2, 0.25) is 0 Å². The van der Waals surface area contributed by atoms with Gasteiger partial charge in [0.15, 0.2) is 0 Å². The van der Waals surface area contributed by atoms with Crippen LogP contribution in [0.25, 0.3) is 0 Å². The number of rotatable bonds is 7. The Morgan fingerprint density at radius 3 is 2.40 bits per heavy atom. The zero-order valence-corrected chi connectivity index (χ0v) is 12.6. The summed E-state index contributed by atoms with van der Waals surface area (Å²) in [6.07, 6.45) is 5.56. The Morgan fingerprint density at radius 1 is 1.20 bits per heavy atom. The van der Waals surface area contributed by atoms with E-state index in [0.717, 1.165) is 45.1 Å². The van der Waals surface area contributed by atoms with E-state index in [9.17, 15) is 9.59 Å². The summed E-state index contributed by atoms with van der Waals surface area (Å²) >= 11 is 0. The molecule has 0 aliphatic heterocycles. The van der Waals surface area contributed by atoms with Crippen molar-refractivity contribution in [1.29, 1.82) is 0 Å². The van der Waals surface area contributed by atoms with Gasteiger partial charge in [0.25, 0.3) is 0 Å². The molecule has 6 nitrogen and oxygen atoms in total. The van der Waals surface area contributed by atoms with E-state index in [-0.39, 0.29) is 12.5 Å². The van der Waals surface area contributed by atoms with Gasteiger partial charge in [0, 0.05) is 13.6 Å². The van der Waals surface area contributed by atoms with Gasteiger partial charge in [-0.1, -0.05) is 19.3 Å². The monoisotopic (exact) mass is 285 g/mol. The van der Waals surface area contributed by atoms with E-state index in [4.69, 9.17) is 5.11 Å². The summed E-state index contributed by atoms with van der Waals surface area (Å²) in [4.78, 5) is 25.0. The number of aliphatic carboxylic acids is 1. The molecular weight excluding hydrogens is 258 g/mol. The number of hydrogen-bond donors (Lipinski definition) is 3. The first-order chi connectivity index (χ1) is 9.52. The quantitative estimate of drug-likeness (QED) is 0.618. The maximum absolute atomic E-state index is 12.2. The number of nitrogens with one attached hydrogen (secondary N) is 2. The van der Waals surface area contributed by atoms with Crippen molar-refractivity contribution in [1.82, 2.24) is 15.5 Å². The zero-order valence-electron chi connectivity index (χ0n) is 12.6. The maximum atomic E-state index is 12.2. The van der Waals surface area contributed by atoms with Crippen LogP contribution in [-0.2, 0) is 4.79 Å². The van der Waals surface area contributed by atoms with Crippen molar-refractivity contribution < 1.29 is 14.7 Å². The SMILES string of the molecule is CNCCCNC(=O)N(C)C1(CC(=O)O)CCCCC1. The summed E-state index contributed by atoms with van der Waals surface area (Å²) in [5.41, 5.74) is -0.517. The minimum Gasteiger partial charge on any atom is -0.481 e. The van der Waals surface area contributed by atoms with Crippen LogP contribution in [0.4, 0.5) is 4.79 Å². The fraction of sp³-hybridized carbons (Fsp3) is 0.857. The number of carboxylic acid groups (broad SMARTS) is 1. The van der Waals surface area contributed by atoms with Crippen LogP contribution >= 0.6 is 0 Å². The lowest BCUT2D eigenvalue weighted by molar-refractivity contribution is -0.140. The number of amides is 2. The summed E-state index contributed by atoms with van der Waals surface area (Å²) in [5.74, 6) is -0.832. The molecule has 0 atom stereocenters. The maximum Gasteiger partial charge on any atom is 0.317 e. The van der Waals surface area contributed by atoms with Gasteiger partial charge in [-0.15, -0.1) is 0 Å². The summed E-state index contributed by atoms with van der Waals surface area (Å²) in [7, 11) is 3.60. The molecule has 1 aliphatic rings. The highest BCUT2D eigenvalue weighted by Crippen LogP contribution is 2.35. The Balaban J connectivity index is 2.60. The van der Waals surface area contributed by atoms with Gasteiger partial charge >= 0.3 is 12.0 Å². The highest BCUT2D eigenvalue weighted by molar-refractivity contribution is 5.76. The first-order valence-electron chi connectivity index (χ1n) is 7.40. The molecule has 0 aromatic heterocycles. The highest BCUT2D eigenvalue weighted by atomic mass is 16.4. The van der Waals surface area contributed by atoms with Crippen molar-refractivity contribution in [2.45, 2.75) is 50.5 Å². The molecule has 1 saturated carbocycles. The van der Waals surface area contributed by atoms with Gasteiger partial charge in [-0.25, -0.2) is 4.79 Å². The molecule has 2 amide bonds. The Hall–Kier alpha value is -1.30. The standard InChI is InChI=1S/C14H27N3O3/c1-15-9-6-10-16-13(20)17(2)14(11-12(18)19)7-4-3-5-8-14/h15H,3-11H2,1-2H3,(H,16,20)(H,18,19). The normalized spacial score (nSPS) is 17.5. The van der Waals surface area contributed by atoms with E-state index in [2.05, 4.69) is 10.6 Å². The Kier molecular flexibility index (Phi) is 6.78. The fourth-order valence-electron chi connectivity index (χ4n) is 2.92. The van der Waals surface area contributed by atoms with Gasteiger partial charge in [0.05, 0.1) is 12.0 Å². The Bertz CT molecular complexity index is 328. The molecule has 0 saturated heterocycles. The number of urea groups is 1. The van der Waals surface area contributed by atoms with Gasteiger partial charge in [-0.05, 0) is 32.9 Å². The van der Waals surface area contributed by atoms with Gasteiger partial charge in [0.1, 0.15) is 0 Å². The molecule has 0 aromatic carbocycles. The van der Waals surface area contributed by atoms with Gasteiger partial charge in [-0.2, -0.15) is 0 Å². The van der Waals surface area contributed by atoms with E-state index in [1.165, 1.54) is 0 Å². The first kappa shape index (κ1) is 16.8. The number of carbonyl (C=O) groups excluding carboxylic acids is 1. The van der Waals surface area contributed by atoms with Crippen molar-refractivity contribution in [3.05, 3.63) is 0 Å². The van der Waals surface area contributed by atoms with Crippen LogP contribution in [-0.4, -0.2) is 54.7 Å². The van der Waals surface area contributed by atoms with Gasteiger partial charge in [0.2, 0.25) is 0 Å². The van der Waals surface area contributed by atoms with E-state index in [1.54, 1.807) is 11.9 Å². The molecule has 1 aliphatic carbocycles. The molecule has 3 N–H and O–H groups in total. The smallest absolute Gasteiger partial charge is 0.317 e. The fourth-order valence-corrected chi connectivity index (χ4v) is 2.92. The summed E-state index contributed by atoms with van der Waals surface area (Å²) in [6, 6.07) is -0.163. The number of carboxylic acids is 1. The lowest BCUT2D eigenvalue weighted by Crippen LogP contribution is -2.55. The predicted octanol–water partition coefficient (Wildman–Crippen LogP) is 1.41. The van der Waals surface area contributed by atoms with E-state index in [1.807, 2.05) is 7.05 Å². The minimum atomic E-state index is -0.832. The number of hydrogen-bond acceptors (Lipinski definition) is 3. The third-order valence-electron chi connectivity index (χ3n) is 4.16. The van der Waals surface area contributed by atoms with Crippen LogP contribution in [0.5, 0.6) is 0 Å². The molecule has 0 radical (unpaired) electrons. The van der Waals surface area contributed by atoms with Crippen LogP contribution < -0.4 is 10.6 Å². The van der Waals surface area contributed by atoms with Crippen molar-refractivity contribution in [3.8, 4) is 0 Å². The molecule has 0 heterocycles. The number of carbonyl (C=O) groups is 2. The van der Waals surface area contributed by atoms with Crippen LogP contribution in [0.15, 0.2) is 0 Å². The molecular formula is C14H27N3O3. The van der Waals surface area contributed by atoms with Crippen molar-refractivity contribution in [2.75, 3.05) is 27.2 Å². The second-order valence-electron chi connectivity index (χ2n) is 5.60. The molecule has 20 heavy (non-hydrogen) atoms. The summed E-state index contributed by atoms with van der Waals surface area (Å²) < 4.78 is 0. The third kappa shape index (κ3) is 4.67. The zero-order chi connectivity index (χ0) is 15.0. The topological polar surface area (TPSA) is 81.7 Å². The largest absolute Gasteiger partial charge is 0.481 e. The summed E-state index contributed by atoms with van der Waals surface area (Å²) in [6.45, 7) is 1.46. The molecule has 0 spiro atoms. The van der Waals surface area contributed by atoms with E-state index < -0.39 is 11.5 Å². The van der Waals surface area contributed by atoms with Crippen molar-refractivity contribution in [2.24, 2.45) is 0 Å². The lowest BCUT2D eigenvalue weighted by atomic mass is 9.78. The van der Waals surface area contributed by atoms with Gasteiger partial charge in [-0.3, -0.25) is 4.79 Å². The molecule has 0 unspecified atom stereocenters. The average molecular weight is 285 g/mol. The molecule has 6 heteroatoms. The van der Waals surface area contributed by atoms with Crippen molar-refractivity contribution >= 4 is 12.0 Å². The molecule has 1 fully saturated rings. The molecule has 0 bridgehead atoms. The minimum absolute atomic E-state index is 0.0352. The Morgan fingerprint density at radius 2 is 1.85 bits per heavy atom. The highest BCUT2D eigenvalue weighted by Gasteiger charge is 2.40. The van der Waals surface area contributed by atoms with Crippen LogP contribution in [0, 0.1) is 0 Å². The lowest BCUT2D eigenvalue weighted by Gasteiger charge is -2.43. The van der Waals surface area contributed by atoms with Crippen molar-refractivity contribution in [3.63, 3.8) is 0 Å². The first-order valence-corrected chi connectivity index (χ1v) is 7.40. The molecule has 1 rings (SSSR count). The van der Waals surface area contributed by atoms with Gasteiger partial charge < -0.3 is 20.6 Å². The Labute approximate surface area is 120 Å². The second-order valence-corrected chi connectivity index (χ2v) is 5.60. The van der Waals surface area contributed by atoms with E-state index in [0.29, 0.717) is 6.54 Å². The predicted molar refractivity (Wildman–Crippen MR) is 77.8 cm³/mol. The van der Waals surface area contributed by atoms with E-state index >= 15 is 0 Å². The average Bonchev–Trinajstić information content (AvgIpc) is 2.42. The summed E-state index contributed by atoms with van der Waals surface area (Å²) in [5, 5.41) is 15.0. The number of nitrogens with zero attached hydrogens (tertiary/aromatic N) is 1. The van der Waals surface area contributed by atoms with Crippen LogP contribution in [0.1, 0.15) is 44.9 Å².